The number of rotatable bonds is 2. The first kappa shape index (κ1) is 9.73. The average molecular weight is 247 g/mol. The van der Waals surface area contributed by atoms with Gasteiger partial charge in [-0.3, -0.25) is 0 Å². The van der Waals surface area contributed by atoms with Crippen molar-refractivity contribution in [3.8, 4) is 11.5 Å². The van der Waals surface area contributed by atoms with Crippen LogP contribution in [0.15, 0.2) is 10.9 Å². The summed E-state index contributed by atoms with van der Waals surface area (Å²) < 4.78 is 2.23. The molecule has 3 heterocycles. The van der Waals surface area contributed by atoms with Crippen molar-refractivity contribution in [1.82, 2.24) is 25.1 Å². The third-order valence-electron chi connectivity index (χ3n) is 3.51. The first-order valence-corrected chi connectivity index (χ1v) is 6.93. The summed E-state index contributed by atoms with van der Waals surface area (Å²) in [6.07, 6.45) is 2.63. The van der Waals surface area contributed by atoms with Gasteiger partial charge in [-0.25, -0.2) is 4.98 Å². The predicted octanol–water partition coefficient (Wildman–Crippen LogP) is 1.46. The van der Waals surface area contributed by atoms with E-state index in [9.17, 15) is 0 Å². The predicted molar refractivity (Wildman–Crippen MR) is 64.6 cm³/mol. The van der Waals surface area contributed by atoms with Gasteiger partial charge in [0.05, 0.1) is 11.6 Å². The van der Waals surface area contributed by atoms with Gasteiger partial charge in [0.2, 0.25) is 0 Å². The second-order valence-corrected chi connectivity index (χ2v) is 5.40. The molecule has 1 atom stereocenters. The van der Waals surface area contributed by atoms with Crippen molar-refractivity contribution in [2.75, 3.05) is 6.54 Å². The Morgan fingerprint density at radius 2 is 2.29 bits per heavy atom. The van der Waals surface area contributed by atoms with Crippen LogP contribution in [0.25, 0.3) is 11.5 Å². The molecule has 17 heavy (non-hydrogen) atoms. The lowest BCUT2D eigenvalue weighted by Gasteiger charge is -2.24. The summed E-state index contributed by atoms with van der Waals surface area (Å²) in [6, 6.07) is 0.406. The van der Waals surface area contributed by atoms with Crippen LogP contribution in [0.1, 0.15) is 24.7 Å². The summed E-state index contributed by atoms with van der Waals surface area (Å²) >= 11 is 1.60. The van der Waals surface area contributed by atoms with Crippen LogP contribution >= 0.6 is 11.3 Å². The van der Waals surface area contributed by atoms with Gasteiger partial charge in [0.25, 0.3) is 0 Å². The number of hydrogen-bond acceptors (Lipinski definition) is 5. The molecule has 4 rings (SSSR count). The number of thiazole rings is 1. The Morgan fingerprint density at radius 1 is 1.35 bits per heavy atom. The molecule has 1 fully saturated rings. The lowest BCUT2D eigenvalue weighted by atomic mass is 10.1. The summed E-state index contributed by atoms with van der Waals surface area (Å²) in [7, 11) is 0. The Balaban J connectivity index is 1.79. The zero-order valence-corrected chi connectivity index (χ0v) is 10.2. The molecule has 5 nitrogen and oxygen atoms in total. The molecule has 2 aromatic rings. The minimum absolute atomic E-state index is 0.406. The third kappa shape index (κ3) is 1.51. The van der Waals surface area contributed by atoms with Gasteiger partial charge >= 0.3 is 0 Å². The molecule has 0 spiro atoms. The van der Waals surface area contributed by atoms with Gasteiger partial charge in [0, 0.05) is 18.5 Å². The molecule has 0 aromatic carbocycles. The van der Waals surface area contributed by atoms with Gasteiger partial charge in [-0.2, -0.15) is 0 Å². The Hall–Kier alpha value is -1.27. The van der Waals surface area contributed by atoms with Crippen LogP contribution in [-0.4, -0.2) is 26.3 Å². The summed E-state index contributed by atoms with van der Waals surface area (Å²) in [5, 5.41) is 14.3. The molecule has 1 unspecified atom stereocenters. The quantitative estimate of drug-likeness (QED) is 0.873. The molecule has 1 aliphatic heterocycles. The van der Waals surface area contributed by atoms with Crippen LogP contribution in [0.3, 0.4) is 0 Å². The molecular formula is C11H13N5S. The van der Waals surface area contributed by atoms with E-state index in [0.29, 0.717) is 6.04 Å². The second kappa shape index (κ2) is 3.61. The van der Waals surface area contributed by atoms with Crippen LogP contribution in [0.4, 0.5) is 0 Å². The van der Waals surface area contributed by atoms with E-state index >= 15 is 0 Å². The van der Waals surface area contributed by atoms with Crippen molar-refractivity contribution in [3.05, 3.63) is 16.7 Å². The van der Waals surface area contributed by atoms with E-state index in [1.165, 1.54) is 12.8 Å². The molecule has 88 valence electrons. The first-order chi connectivity index (χ1) is 8.43. The Kier molecular flexibility index (Phi) is 2.07. The highest BCUT2D eigenvalue weighted by molar-refractivity contribution is 7.07. The van der Waals surface area contributed by atoms with Crippen LogP contribution in [0.2, 0.25) is 0 Å². The second-order valence-electron chi connectivity index (χ2n) is 4.68. The van der Waals surface area contributed by atoms with Gasteiger partial charge in [-0.05, 0) is 18.8 Å². The van der Waals surface area contributed by atoms with E-state index in [0.717, 1.165) is 36.4 Å². The molecule has 1 aliphatic carbocycles. The molecule has 1 N–H and O–H groups in total. The zero-order valence-electron chi connectivity index (χ0n) is 9.33. The fourth-order valence-electron chi connectivity index (χ4n) is 2.51. The molecule has 1 saturated carbocycles. The number of aromatic nitrogens is 4. The lowest BCUT2D eigenvalue weighted by molar-refractivity contribution is 0.383. The van der Waals surface area contributed by atoms with Crippen molar-refractivity contribution in [2.45, 2.75) is 25.4 Å². The SMILES string of the molecule is c1nc(-c2nnc3n2CCNC3C2CC2)cs1. The Bertz CT molecular complexity index is 528. The monoisotopic (exact) mass is 247 g/mol. The van der Waals surface area contributed by atoms with Gasteiger partial charge in [-0.1, -0.05) is 0 Å². The number of nitrogens with zero attached hydrogens (tertiary/aromatic N) is 4. The highest BCUT2D eigenvalue weighted by Crippen LogP contribution is 2.41. The molecular weight excluding hydrogens is 234 g/mol. The molecule has 0 bridgehead atoms. The Labute approximate surface area is 103 Å². The number of nitrogens with one attached hydrogen (secondary N) is 1. The zero-order chi connectivity index (χ0) is 11.2. The maximum atomic E-state index is 4.37. The van der Waals surface area contributed by atoms with Crippen molar-refractivity contribution >= 4 is 11.3 Å². The maximum absolute atomic E-state index is 4.37. The fraction of sp³-hybridized carbons (Fsp3) is 0.545. The molecule has 6 heteroatoms. The summed E-state index contributed by atoms with van der Waals surface area (Å²) in [5.41, 5.74) is 2.79. The molecule has 2 aromatic heterocycles. The normalized spacial score (nSPS) is 23.6. The van der Waals surface area contributed by atoms with E-state index in [2.05, 4.69) is 25.1 Å². The summed E-state index contributed by atoms with van der Waals surface area (Å²) in [5.74, 6) is 2.79. The van der Waals surface area contributed by atoms with Crippen LogP contribution in [0.5, 0.6) is 0 Å². The topological polar surface area (TPSA) is 55.6 Å². The number of hydrogen-bond donors (Lipinski definition) is 1. The van der Waals surface area contributed by atoms with Crippen LogP contribution in [-0.2, 0) is 6.54 Å². The summed E-state index contributed by atoms with van der Waals surface area (Å²) in [6.45, 7) is 1.95. The van der Waals surface area contributed by atoms with Crippen molar-refractivity contribution in [2.24, 2.45) is 5.92 Å². The lowest BCUT2D eigenvalue weighted by Crippen LogP contribution is -2.35. The van der Waals surface area contributed by atoms with E-state index in [4.69, 9.17) is 0 Å². The smallest absolute Gasteiger partial charge is 0.183 e. The van der Waals surface area contributed by atoms with E-state index in [1.54, 1.807) is 11.3 Å². The average Bonchev–Trinajstić information content (AvgIpc) is 2.90. The largest absolute Gasteiger partial charge is 0.307 e. The van der Waals surface area contributed by atoms with E-state index in [1.807, 2.05) is 10.9 Å². The molecule has 0 amide bonds. The minimum atomic E-state index is 0.406. The molecule has 2 aliphatic rings. The van der Waals surface area contributed by atoms with Crippen molar-refractivity contribution in [3.63, 3.8) is 0 Å². The maximum Gasteiger partial charge on any atom is 0.183 e. The molecule has 0 saturated heterocycles. The fourth-order valence-corrected chi connectivity index (χ4v) is 3.04. The minimum Gasteiger partial charge on any atom is -0.307 e. The van der Waals surface area contributed by atoms with Gasteiger partial charge in [0.15, 0.2) is 11.6 Å². The van der Waals surface area contributed by atoms with Crippen LogP contribution < -0.4 is 5.32 Å². The van der Waals surface area contributed by atoms with Gasteiger partial charge in [-0.15, -0.1) is 21.5 Å². The standard InChI is InChI=1S/C11H13N5S/c1-2-7(1)9-11-15-14-10(8-5-17-6-13-8)16(11)4-3-12-9/h5-7,9,12H,1-4H2. The number of fused-ring (bicyclic) bond motifs is 1. The Morgan fingerprint density at radius 3 is 3.06 bits per heavy atom. The van der Waals surface area contributed by atoms with Gasteiger partial charge in [0.1, 0.15) is 5.69 Å². The highest BCUT2D eigenvalue weighted by Gasteiger charge is 2.37. The molecule has 0 radical (unpaired) electrons. The van der Waals surface area contributed by atoms with Crippen molar-refractivity contribution < 1.29 is 0 Å². The van der Waals surface area contributed by atoms with Crippen molar-refractivity contribution in [1.29, 1.82) is 0 Å². The third-order valence-corrected chi connectivity index (χ3v) is 4.10. The van der Waals surface area contributed by atoms with Gasteiger partial charge < -0.3 is 9.88 Å². The first-order valence-electron chi connectivity index (χ1n) is 5.98. The highest BCUT2D eigenvalue weighted by atomic mass is 32.1. The van der Waals surface area contributed by atoms with Crippen LogP contribution in [0, 0.1) is 5.92 Å². The summed E-state index contributed by atoms with van der Waals surface area (Å²) in [4.78, 5) is 4.33. The van der Waals surface area contributed by atoms with E-state index in [-0.39, 0.29) is 0 Å². The van der Waals surface area contributed by atoms with E-state index < -0.39 is 0 Å².